The predicted octanol–water partition coefficient (Wildman–Crippen LogP) is 1.91. The second-order valence-corrected chi connectivity index (χ2v) is 4.52. The maximum atomic E-state index is 5.80. The van der Waals surface area contributed by atoms with Gasteiger partial charge >= 0.3 is 0 Å². The molecule has 0 fully saturated rings. The molecule has 3 N–H and O–H groups in total. The number of hydrogen-bond acceptors (Lipinski definition) is 6. The first-order valence-electron chi connectivity index (χ1n) is 6.37. The van der Waals surface area contributed by atoms with Crippen molar-refractivity contribution in [2.75, 3.05) is 30.3 Å². The van der Waals surface area contributed by atoms with Gasteiger partial charge in [0, 0.05) is 26.2 Å². The number of nitrogens with zero attached hydrogens (tertiary/aromatic N) is 5. The number of nitrogens with one attached hydrogen (secondary N) is 1. The van der Waals surface area contributed by atoms with Crippen LogP contribution in [0.3, 0.4) is 0 Å². The number of anilines is 2. The van der Waals surface area contributed by atoms with Gasteiger partial charge in [-0.1, -0.05) is 19.1 Å². The smallest absolute Gasteiger partial charge is 0.263 e. The zero-order valence-electron chi connectivity index (χ0n) is 12.7. The van der Waals surface area contributed by atoms with Crippen LogP contribution in [0.15, 0.2) is 29.4 Å². The minimum atomic E-state index is 0. The fourth-order valence-corrected chi connectivity index (χ4v) is 1.66. The average molecular weight is 346 g/mol. The number of aryl methyl sites for hydroxylation is 1. The molecule has 0 spiro atoms. The van der Waals surface area contributed by atoms with E-state index in [1.54, 1.807) is 6.21 Å². The molecule has 0 unspecified atom stereocenters. The van der Waals surface area contributed by atoms with Crippen molar-refractivity contribution in [1.82, 2.24) is 14.9 Å². The van der Waals surface area contributed by atoms with E-state index in [2.05, 4.69) is 20.7 Å². The lowest BCUT2D eigenvalue weighted by atomic mass is 10.2. The van der Waals surface area contributed by atoms with E-state index in [4.69, 9.17) is 5.84 Å². The van der Waals surface area contributed by atoms with E-state index >= 15 is 0 Å². The van der Waals surface area contributed by atoms with Gasteiger partial charge in [0.15, 0.2) is 5.82 Å². The Balaban J connectivity index is 0.00000220. The average Bonchev–Trinajstić information content (AvgIpc) is 2.80. The predicted molar refractivity (Wildman–Crippen MR) is 96.0 cm³/mol. The van der Waals surface area contributed by atoms with E-state index in [-0.39, 0.29) is 24.8 Å². The van der Waals surface area contributed by atoms with Crippen LogP contribution in [-0.2, 0) is 6.42 Å². The van der Waals surface area contributed by atoms with Crippen molar-refractivity contribution in [3.8, 4) is 0 Å². The topological polar surface area (TPSA) is 84.4 Å². The number of hydrogen-bond donors (Lipinski definition) is 2. The molecule has 0 aliphatic carbocycles. The summed E-state index contributed by atoms with van der Waals surface area (Å²) >= 11 is 0. The summed E-state index contributed by atoms with van der Waals surface area (Å²) in [5.74, 6) is 6.92. The third kappa shape index (κ3) is 4.78. The lowest BCUT2D eigenvalue weighted by Crippen LogP contribution is -2.14. The van der Waals surface area contributed by atoms with Gasteiger partial charge in [-0.15, -0.1) is 35.0 Å². The molecule has 2 rings (SSSR count). The first-order chi connectivity index (χ1) is 9.61. The second-order valence-electron chi connectivity index (χ2n) is 4.52. The molecule has 0 amide bonds. The number of hydrazone groups is 1. The fourth-order valence-electron chi connectivity index (χ4n) is 1.66. The van der Waals surface area contributed by atoms with Crippen LogP contribution in [0.25, 0.3) is 0 Å². The first-order valence-corrected chi connectivity index (χ1v) is 6.37. The molecule has 7 nitrogen and oxygen atoms in total. The highest BCUT2D eigenvalue weighted by Gasteiger charge is 2.05. The van der Waals surface area contributed by atoms with E-state index < -0.39 is 0 Å². The Morgan fingerprint density at radius 1 is 1.23 bits per heavy atom. The Kier molecular flexibility index (Phi) is 8.29. The van der Waals surface area contributed by atoms with Crippen molar-refractivity contribution < 1.29 is 0 Å². The second kappa shape index (κ2) is 9.11. The molecule has 0 aliphatic heterocycles. The van der Waals surface area contributed by atoms with Gasteiger partial charge in [-0.05, 0) is 17.7 Å². The van der Waals surface area contributed by atoms with Gasteiger partial charge in [-0.25, -0.2) is 10.1 Å². The van der Waals surface area contributed by atoms with Crippen LogP contribution in [0.5, 0.6) is 0 Å². The molecular weight excluding hydrogens is 325 g/mol. The summed E-state index contributed by atoms with van der Waals surface area (Å²) < 4.78 is 1.40. The van der Waals surface area contributed by atoms with E-state index in [1.165, 1.54) is 4.68 Å². The molecule has 0 saturated heterocycles. The van der Waals surface area contributed by atoms with Crippen LogP contribution in [0.1, 0.15) is 18.3 Å². The standard InChI is InChI=1S/C13H19N7.2ClH/c1-4-12-16-18-13(20(12)14)17-15-9-10-5-7-11(8-6-10)19(2)3;;/h5-9H,4,14H2,1-3H3,(H,17,18);2*1H. The fraction of sp³-hybridized carbons (Fsp3) is 0.308. The normalized spacial score (nSPS) is 9.95. The van der Waals surface area contributed by atoms with Crippen LogP contribution in [0, 0.1) is 0 Å². The summed E-state index contributed by atoms with van der Waals surface area (Å²) in [5.41, 5.74) is 4.91. The van der Waals surface area contributed by atoms with Gasteiger partial charge in [0.1, 0.15) is 0 Å². The lowest BCUT2D eigenvalue weighted by molar-refractivity contribution is 0.855. The van der Waals surface area contributed by atoms with E-state index in [9.17, 15) is 0 Å². The lowest BCUT2D eigenvalue weighted by Gasteiger charge is -2.11. The molecule has 1 aromatic heterocycles. The van der Waals surface area contributed by atoms with Gasteiger partial charge in [-0.2, -0.15) is 5.10 Å². The monoisotopic (exact) mass is 345 g/mol. The highest BCUT2D eigenvalue weighted by atomic mass is 35.5. The highest BCUT2D eigenvalue weighted by Crippen LogP contribution is 2.11. The van der Waals surface area contributed by atoms with Crippen LogP contribution >= 0.6 is 24.8 Å². The quantitative estimate of drug-likeness (QED) is 0.491. The van der Waals surface area contributed by atoms with Crippen molar-refractivity contribution >= 4 is 42.7 Å². The summed E-state index contributed by atoms with van der Waals surface area (Å²) in [4.78, 5) is 2.04. The van der Waals surface area contributed by atoms with E-state index in [0.29, 0.717) is 11.8 Å². The van der Waals surface area contributed by atoms with Crippen LogP contribution in [-0.4, -0.2) is 35.2 Å². The first kappa shape index (κ1) is 20.0. The van der Waals surface area contributed by atoms with Gasteiger partial charge in [0.2, 0.25) is 0 Å². The van der Waals surface area contributed by atoms with Crippen LogP contribution < -0.4 is 16.2 Å². The van der Waals surface area contributed by atoms with Crippen molar-refractivity contribution in [3.63, 3.8) is 0 Å². The van der Waals surface area contributed by atoms with E-state index in [0.717, 1.165) is 17.7 Å². The number of rotatable bonds is 5. The molecule has 1 aromatic carbocycles. The zero-order chi connectivity index (χ0) is 14.5. The van der Waals surface area contributed by atoms with Crippen molar-refractivity contribution in [2.45, 2.75) is 13.3 Å². The van der Waals surface area contributed by atoms with Gasteiger partial charge in [0.05, 0.1) is 6.21 Å². The molecule has 0 radical (unpaired) electrons. The van der Waals surface area contributed by atoms with Crippen molar-refractivity contribution in [2.24, 2.45) is 5.10 Å². The molecule has 0 saturated carbocycles. The molecule has 122 valence electrons. The maximum absolute atomic E-state index is 5.80. The Morgan fingerprint density at radius 2 is 1.86 bits per heavy atom. The molecule has 1 heterocycles. The maximum Gasteiger partial charge on any atom is 0.263 e. The Labute approximate surface area is 142 Å². The Hall–Kier alpha value is -1.99. The van der Waals surface area contributed by atoms with Crippen LogP contribution in [0.2, 0.25) is 0 Å². The third-order valence-electron chi connectivity index (χ3n) is 2.87. The number of aromatic nitrogens is 3. The minimum absolute atomic E-state index is 0. The van der Waals surface area contributed by atoms with Crippen LogP contribution in [0.4, 0.5) is 11.6 Å². The molecule has 0 bridgehead atoms. The highest BCUT2D eigenvalue weighted by molar-refractivity contribution is 5.85. The summed E-state index contributed by atoms with van der Waals surface area (Å²) in [7, 11) is 4.01. The molecule has 22 heavy (non-hydrogen) atoms. The summed E-state index contributed by atoms with van der Waals surface area (Å²) in [5, 5.41) is 12.0. The summed E-state index contributed by atoms with van der Waals surface area (Å²) in [6.45, 7) is 1.97. The number of benzene rings is 1. The molecular formula is C13H21Cl2N7. The molecule has 2 aromatic rings. The largest absolute Gasteiger partial charge is 0.378 e. The Morgan fingerprint density at radius 3 is 2.36 bits per heavy atom. The van der Waals surface area contributed by atoms with Crippen molar-refractivity contribution in [3.05, 3.63) is 35.7 Å². The van der Waals surface area contributed by atoms with Gasteiger partial charge < -0.3 is 10.7 Å². The molecule has 0 atom stereocenters. The number of halogens is 2. The number of nitrogen functional groups attached to an aromatic ring is 1. The number of nitrogens with two attached hydrogens (primary N) is 1. The minimum Gasteiger partial charge on any atom is -0.378 e. The summed E-state index contributed by atoms with van der Waals surface area (Å²) in [6, 6.07) is 8.04. The zero-order valence-corrected chi connectivity index (χ0v) is 14.4. The van der Waals surface area contributed by atoms with E-state index in [1.807, 2.05) is 50.2 Å². The SMILES string of the molecule is CCc1nnc(NN=Cc2ccc(N(C)C)cc2)n1N.Cl.Cl. The summed E-state index contributed by atoms with van der Waals surface area (Å²) in [6.07, 6.45) is 2.43. The molecule has 0 aliphatic rings. The third-order valence-corrected chi connectivity index (χ3v) is 2.87. The Bertz CT molecular complexity index is 593. The van der Waals surface area contributed by atoms with Gasteiger partial charge in [-0.3, -0.25) is 0 Å². The van der Waals surface area contributed by atoms with Gasteiger partial charge in [0.25, 0.3) is 5.95 Å². The van der Waals surface area contributed by atoms with Crippen molar-refractivity contribution in [1.29, 1.82) is 0 Å². The molecule has 9 heteroatoms.